The van der Waals surface area contributed by atoms with Crippen LogP contribution in [0.4, 0.5) is 5.69 Å². The second-order valence-corrected chi connectivity index (χ2v) is 16.6. The fourth-order valence-electron chi connectivity index (χ4n) is 6.16. The lowest BCUT2D eigenvalue weighted by atomic mass is 9.89. The Morgan fingerprint density at radius 1 is 0.762 bits per heavy atom. The normalized spacial score (nSPS) is 17.1. The predicted octanol–water partition coefficient (Wildman–Crippen LogP) is 8.32. The van der Waals surface area contributed by atoms with E-state index < -0.39 is 20.0 Å². The number of aryl methyl sites for hydroxylation is 1. The van der Waals surface area contributed by atoms with Crippen LogP contribution in [-0.2, 0) is 26.6 Å². The summed E-state index contributed by atoms with van der Waals surface area (Å²) in [5, 5.41) is 0.598. The van der Waals surface area contributed by atoms with Gasteiger partial charge in [-0.15, -0.1) is 0 Å². The van der Waals surface area contributed by atoms with Crippen molar-refractivity contribution in [3.8, 4) is 0 Å². The molecular formula is C32H38BrClN2O4S2. The second-order valence-electron chi connectivity index (χ2n) is 11.6. The molecule has 2 saturated carbocycles. The van der Waals surface area contributed by atoms with E-state index in [4.69, 9.17) is 11.6 Å². The lowest BCUT2D eigenvalue weighted by Gasteiger charge is -2.32. The number of nitrogens with zero attached hydrogens (tertiary/aromatic N) is 2. The summed E-state index contributed by atoms with van der Waals surface area (Å²) < 4.78 is 60.1. The summed E-state index contributed by atoms with van der Waals surface area (Å²) in [5.74, 6) is 0.272. The summed E-state index contributed by atoms with van der Waals surface area (Å²) in [7, 11) is -7.84. The highest BCUT2D eigenvalue weighted by Gasteiger charge is 2.35. The highest BCUT2D eigenvalue weighted by molar-refractivity contribution is 9.10. The van der Waals surface area contributed by atoms with E-state index in [2.05, 4.69) is 15.9 Å². The van der Waals surface area contributed by atoms with Crippen molar-refractivity contribution in [2.24, 2.45) is 5.92 Å². The number of hydrogen-bond donors (Lipinski definition) is 0. The molecule has 2 aliphatic rings. The Morgan fingerprint density at radius 3 is 1.95 bits per heavy atom. The van der Waals surface area contributed by atoms with Crippen molar-refractivity contribution in [1.82, 2.24) is 4.31 Å². The van der Waals surface area contributed by atoms with Crippen LogP contribution < -0.4 is 4.31 Å². The van der Waals surface area contributed by atoms with Gasteiger partial charge in [-0.25, -0.2) is 16.8 Å². The number of rotatable bonds is 10. The van der Waals surface area contributed by atoms with Crippen molar-refractivity contribution in [1.29, 1.82) is 0 Å². The van der Waals surface area contributed by atoms with Crippen molar-refractivity contribution in [2.45, 2.75) is 87.1 Å². The zero-order valence-electron chi connectivity index (χ0n) is 23.9. The molecule has 5 rings (SSSR count). The predicted molar refractivity (Wildman–Crippen MR) is 173 cm³/mol. The van der Waals surface area contributed by atoms with Crippen LogP contribution in [0.3, 0.4) is 0 Å². The molecule has 0 atom stereocenters. The van der Waals surface area contributed by atoms with Crippen LogP contribution in [0.15, 0.2) is 81.0 Å². The SMILES string of the molecule is Cc1ccc(Br)c(N(CC2CCCCC2)S(=O)(=O)c2ccc(S(=O)(=O)N(Cc3ccc(Cl)cc3)C3CCCC3)cc2)c1. The van der Waals surface area contributed by atoms with Gasteiger partial charge in [-0.3, -0.25) is 4.31 Å². The number of anilines is 1. The first kappa shape index (κ1) is 31.5. The Bertz CT molecular complexity index is 1580. The molecule has 0 spiro atoms. The minimum Gasteiger partial charge on any atom is -0.265 e. The van der Waals surface area contributed by atoms with E-state index in [1.165, 1.54) is 35.0 Å². The Morgan fingerprint density at radius 2 is 1.33 bits per heavy atom. The maximum atomic E-state index is 14.2. The van der Waals surface area contributed by atoms with Crippen LogP contribution in [0, 0.1) is 12.8 Å². The summed E-state index contributed by atoms with van der Waals surface area (Å²) in [6.07, 6.45) is 8.97. The van der Waals surface area contributed by atoms with E-state index in [9.17, 15) is 16.8 Å². The van der Waals surface area contributed by atoms with E-state index in [-0.39, 0.29) is 28.3 Å². The van der Waals surface area contributed by atoms with Gasteiger partial charge in [0.05, 0.1) is 15.5 Å². The fourth-order valence-corrected chi connectivity index (χ4v) is 10.1. The quantitative estimate of drug-likeness (QED) is 0.214. The average Bonchev–Trinajstić information content (AvgIpc) is 3.52. The van der Waals surface area contributed by atoms with Gasteiger partial charge in [0.2, 0.25) is 10.0 Å². The summed E-state index contributed by atoms with van der Waals surface area (Å²) >= 11 is 9.64. The van der Waals surface area contributed by atoms with E-state index >= 15 is 0 Å². The van der Waals surface area contributed by atoms with Crippen molar-refractivity contribution in [3.63, 3.8) is 0 Å². The van der Waals surface area contributed by atoms with Crippen LogP contribution in [-0.4, -0.2) is 33.7 Å². The molecule has 3 aromatic carbocycles. The monoisotopic (exact) mass is 692 g/mol. The maximum Gasteiger partial charge on any atom is 0.264 e. The first-order valence-electron chi connectivity index (χ1n) is 14.7. The Balaban J connectivity index is 1.46. The van der Waals surface area contributed by atoms with E-state index in [0.29, 0.717) is 21.7 Å². The van der Waals surface area contributed by atoms with Gasteiger partial charge in [0.1, 0.15) is 0 Å². The van der Waals surface area contributed by atoms with Crippen LogP contribution in [0.25, 0.3) is 0 Å². The lowest BCUT2D eigenvalue weighted by Crippen LogP contribution is -2.38. The van der Waals surface area contributed by atoms with E-state index in [1.807, 2.05) is 37.3 Å². The molecule has 2 fully saturated rings. The number of halogens is 2. The highest BCUT2D eigenvalue weighted by Crippen LogP contribution is 2.36. The van der Waals surface area contributed by atoms with Crippen molar-refractivity contribution in [2.75, 3.05) is 10.8 Å². The molecule has 226 valence electrons. The molecule has 2 aliphatic carbocycles. The molecule has 6 nitrogen and oxygen atoms in total. The van der Waals surface area contributed by atoms with Gasteiger partial charge in [-0.2, -0.15) is 4.31 Å². The third kappa shape index (κ3) is 7.07. The van der Waals surface area contributed by atoms with Gasteiger partial charge in [0.15, 0.2) is 0 Å². The molecule has 0 saturated heterocycles. The summed E-state index contributed by atoms with van der Waals surface area (Å²) in [6.45, 7) is 2.57. The Hall–Kier alpha value is -1.91. The molecule has 0 N–H and O–H groups in total. The lowest BCUT2D eigenvalue weighted by molar-refractivity contribution is 0.316. The molecule has 0 radical (unpaired) electrons. The molecule has 0 bridgehead atoms. The molecule has 10 heteroatoms. The van der Waals surface area contributed by atoms with Gasteiger partial charge in [0, 0.05) is 28.6 Å². The van der Waals surface area contributed by atoms with Crippen LogP contribution in [0.1, 0.15) is 68.9 Å². The smallest absolute Gasteiger partial charge is 0.264 e. The number of sulfonamides is 2. The third-order valence-electron chi connectivity index (χ3n) is 8.52. The molecular weight excluding hydrogens is 656 g/mol. The first-order valence-corrected chi connectivity index (χ1v) is 18.8. The molecule has 3 aromatic rings. The molecule has 0 unspecified atom stereocenters. The van der Waals surface area contributed by atoms with Crippen molar-refractivity contribution < 1.29 is 16.8 Å². The highest BCUT2D eigenvalue weighted by atomic mass is 79.9. The molecule has 0 heterocycles. The van der Waals surface area contributed by atoms with Crippen LogP contribution in [0.5, 0.6) is 0 Å². The van der Waals surface area contributed by atoms with Crippen LogP contribution in [0.2, 0.25) is 5.02 Å². The van der Waals surface area contributed by atoms with Crippen molar-refractivity contribution >= 4 is 53.3 Å². The average molecular weight is 694 g/mol. The zero-order valence-corrected chi connectivity index (χ0v) is 27.9. The maximum absolute atomic E-state index is 14.2. The largest absolute Gasteiger partial charge is 0.265 e. The van der Waals surface area contributed by atoms with Gasteiger partial charge in [0.25, 0.3) is 10.0 Å². The minimum absolute atomic E-state index is 0.0794. The molecule has 42 heavy (non-hydrogen) atoms. The molecule has 0 aromatic heterocycles. The number of hydrogen-bond acceptors (Lipinski definition) is 4. The topological polar surface area (TPSA) is 74.8 Å². The van der Waals surface area contributed by atoms with Gasteiger partial charge < -0.3 is 0 Å². The van der Waals surface area contributed by atoms with Gasteiger partial charge in [-0.05, 0) is 114 Å². The molecule has 0 aliphatic heterocycles. The summed E-state index contributed by atoms with van der Waals surface area (Å²) in [5.41, 5.74) is 2.43. The summed E-state index contributed by atoms with van der Waals surface area (Å²) in [4.78, 5) is 0.175. The standard InChI is InChI=1S/C32H38BrClN2O4S2/c1-24-11-20-31(33)32(21-24)36(23-25-7-3-2-4-8-25)42(39,40)30-18-16-29(17-19-30)41(37,38)35(28-9-5-6-10-28)22-26-12-14-27(34)15-13-26/h11-21,25,28H,2-10,22-23H2,1H3. The van der Waals surface area contributed by atoms with E-state index in [1.54, 1.807) is 16.4 Å². The molecule has 0 amide bonds. The summed E-state index contributed by atoms with van der Waals surface area (Å²) in [6, 6.07) is 18.6. The van der Waals surface area contributed by atoms with Crippen molar-refractivity contribution in [3.05, 3.63) is 87.4 Å². The van der Waals surface area contributed by atoms with E-state index in [0.717, 1.165) is 62.5 Å². The van der Waals surface area contributed by atoms with Gasteiger partial charge in [-0.1, -0.05) is 61.9 Å². The number of benzene rings is 3. The van der Waals surface area contributed by atoms with Gasteiger partial charge >= 0.3 is 0 Å². The fraction of sp³-hybridized carbons (Fsp3) is 0.438. The Labute approximate surface area is 264 Å². The minimum atomic E-state index is -3.96. The van der Waals surface area contributed by atoms with Crippen LogP contribution >= 0.6 is 27.5 Å². The second kappa shape index (κ2) is 13.4. The Kier molecular flexibility index (Phi) is 10.0. The zero-order chi connectivity index (χ0) is 29.9. The third-order valence-corrected chi connectivity index (χ3v) is 13.2. The first-order chi connectivity index (χ1) is 20.1.